The van der Waals surface area contributed by atoms with Gasteiger partial charge in [-0.2, -0.15) is 0 Å². The number of carbonyl (C=O) groups excluding carboxylic acids is 2. The lowest BCUT2D eigenvalue weighted by molar-refractivity contribution is -0.170. The summed E-state index contributed by atoms with van der Waals surface area (Å²) in [6.07, 6.45) is 4.26. The Kier molecular flexibility index (Phi) is 9.59. The number of fused-ring (bicyclic) bond motifs is 4. The summed E-state index contributed by atoms with van der Waals surface area (Å²) in [5, 5.41) is 5.60. The fourth-order valence-electron chi connectivity index (χ4n) is 8.57. The van der Waals surface area contributed by atoms with Crippen molar-refractivity contribution in [3.05, 3.63) is 52.1 Å². The van der Waals surface area contributed by atoms with Gasteiger partial charge in [0.15, 0.2) is 0 Å². The molecule has 1 aromatic carbocycles. The molecule has 0 radical (unpaired) electrons. The molecule has 53 heavy (non-hydrogen) atoms. The lowest BCUT2D eigenvalue weighted by Gasteiger charge is -2.53. The largest absolute Gasteiger partial charge is 0.464 e. The first-order valence-electron chi connectivity index (χ1n) is 19.0. The van der Waals surface area contributed by atoms with Crippen LogP contribution in [0.4, 0.5) is 5.69 Å². The molecule has 5 aliphatic rings. The van der Waals surface area contributed by atoms with Gasteiger partial charge < -0.3 is 29.6 Å². The van der Waals surface area contributed by atoms with Gasteiger partial charge in [0.1, 0.15) is 6.04 Å². The second-order valence-corrected chi connectivity index (χ2v) is 17.1. The number of rotatable bonds is 5. The number of aryl methyl sites for hydroxylation is 1. The Hall–Kier alpha value is -3.88. The van der Waals surface area contributed by atoms with Crippen molar-refractivity contribution in [3.63, 3.8) is 0 Å². The summed E-state index contributed by atoms with van der Waals surface area (Å²) in [4.78, 5) is 42.2. The number of hydrazine groups is 1. The van der Waals surface area contributed by atoms with Crippen LogP contribution in [0, 0.1) is 11.3 Å². The number of anilines is 1. The Bertz CT molecular complexity index is 2030. The number of nitrogens with two attached hydrogens (primary N) is 1. The summed E-state index contributed by atoms with van der Waals surface area (Å²) in [5.74, 6) is -0.397. The number of benzene rings is 1. The molecule has 1 amide bonds. The summed E-state index contributed by atoms with van der Waals surface area (Å²) >= 11 is 1.52. The van der Waals surface area contributed by atoms with Crippen molar-refractivity contribution in [2.45, 2.75) is 84.2 Å². The number of nitrogens with one attached hydrogen (secondary N) is 1. The number of pyridine rings is 1. The maximum Gasteiger partial charge on any atom is 0.325 e. The van der Waals surface area contributed by atoms with Gasteiger partial charge in [0, 0.05) is 85.1 Å². The summed E-state index contributed by atoms with van der Waals surface area (Å²) < 4.78 is 14.5. The van der Waals surface area contributed by atoms with Crippen LogP contribution in [0.1, 0.15) is 62.9 Å². The number of cyclic esters (lactones) is 1. The average Bonchev–Trinajstić information content (AvgIpc) is 3.73. The molecule has 3 N–H and O–H groups in total. The third-order valence-electron chi connectivity index (χ3n) is 11.8. The number of nitrogens with zero attached hydrogens (tertiary/aromatic N) is 6. The molecule has 1 aliphatic carbocycles. The van der Waals surface area contributed by atoms with E-state index in [1.54, 1.807) is 12.1 Å². The van der Waals surface area contributed by atoms with E-state index in [4.69, 9.17) is 25.2 Å². The molecule has 3 atom stereocenters. The second kappa shape index (κ2) is 14.1. The van der Waals surface area contributed by atoms with Crippen molar-refractivity contribution in [2.24, 2.45) is 17.1 Å². The van der Waals surface area contributed by atoms with Gasteiger partial charge in [-0.05, 0) is 69.8 Å². The number of likely N-dealkylation sites (N-methyl/N-ethyl adjacent to an activating group) is 1. The first kappa shape index (κ1) is 36.1. The van der Waals surface area contributed by atoms with Crippen LogP contribution in [0.2, 0.25) is 0 Å². The number of carbonyl (C=O) groups is 2. The molecule has 0 spiro atoms. The third-order valence-corrected chi connectivity index (χ3v) is 12.7. The quantitative estimate of drug-likeness (QED) is 0.276. The minimum Gasteiger partial charge on any atom is -0.464 e. The SMILES string of the molecule is CCn1c(-c2cc(N3CCN(C)CC3)cnc2[C@H](C)OC)c2c3cc(ccc31)-c1csc(n1)C[C@H](N)C(=O)N1NC(C(=O)OCC(C)(C)C2)C2CC1C2. The molecule has 13 heteroatoms. The molecule has 1 unspecified atom stereocenters. The van der Waals surface area contributed by atoms with Crippen LogP contribution in [-0.2, 0) is 38.4 Å². The van der Waals surface area contributed by atoms with Gasteiger partial charge in [-0.3, -0.25) is 19.6 Å². The van der Waals surface area contributed by atoms with E-state index in [1.807, 2.05) is 6.20 Å². The van der Waals surface area contributed by atoms with Crippen LogP contribution >= 0.6 is 11.3 Å². The molecule has 3 saturated heterocycles. The summed E-state index contributed by atoms with van der Waals surface area (Å²) in [7, 11) is 3.91. The third kappa shape index (κ3) is 6.64. The number of aromatic nitrogens is 3. The van der Waals surface area contributed by atoms with Crippen molar-refractivity contribution in [3.8, 4) is 22.5 Å². The molecule has 7 heterocycles. The summed E-state index contributed by atoms with van der Waals surface area (Å²) in [6.45, 7) is 13.4. The van der Waals surface area contributed by atoms with E-state index in [-0.39, 0.29) is 36.5 Å². The molecular formula is C40H52N8O4S. The highest BCUT2D eigenvalue weighted by Crippen LogP contribution is 2.44. The molecule has 4 fully saturated rings. The Labute approximate surface area is 315 Å². The fraction of sp³-hybridized carbons (Fsp3) is 0.550. The molecule has 12 nitrogen and oxygen atoms in total. The van der Waals surface area contributed by atoms with Gasteiger partial charge in [0.2, 0.25) is 0 Å². The first-order valence-corrected chi connectivity index (χ1v) is 19.9. The number of piperazine rings is 1. The first-order chi connectivity index (χ1) is 25.4. The highest BCUT2D eigenvalue weighted by Gasteiger charge is 2.50. The number of methoxy groups -OCH3 is 1. The Morgan fingerprint density at radius 2 is 1.92 bits per heavy atom. The van der Waals surface area contributed by atoms with E-state index in [0.717, 1.165) is 95.4 Å². The molecule has 3 aromatic heterocycles. The van der Waals surface area contributed by atoms with E-state index >= 15 is 0 Å². The van der Waals surface area contributed by atoms with E-state index in [1.165, 1.54) is 16.9 Å². The van der Waals surface area contributed by atoms with E-state index in [9.17, 15) is 9.59 Å². The van der Waals surface area contributed by atoms with Crippen LogP contribution < -0.4 is 16.1 Å². The maximum absolute atomic E-state index is 13.7. The second-order valence-electron chi connectivity index (χ2n) is 16.2. The van der Waals surface area contributed by atoms with Crippen LogP contribution in [0.3, 0.4) is 0 Å². The topological polar surface area (TPSA) is 131 Å². The van der Waals surface area contributed by atoms with Crippen molar-refractivity contribution >= 4 is 39.8 Å². The average molecular weight is 741 g/mol. The normalized spacial score (nSPS) is 25.6. The smallest absolute Gasteiger partial charge is 0.325 e. The minimum atomic E-state index is -0.776. The number of ether oxygens (including phenoxy) is 2. The van der Waals surface area contributed by atoms with Gasteiger partial charge in [0.25, 0.3) is 5.91 Å². The number of amides is 1. The van der Waals surface area contributed by atoms with Gasteiger partial charge >= 0.3 is 5.97 Å². The molecule has 1 saturated carbocycles. The monoisotopic (exact) mass is 740 g/mol. The molecule has 282 valence electrons. The highest BCUT2D eigenvalue weighted by molar-refractivity contribution is 7.10. The number of hydrogen-bond acceptors (Lipinski definition) is 11. The number of thiazole rings is 1. The predicted octanol–water partition coefficient (Wildman–Crippen LogP) is 4.80. The molecular weight excluding hydrogens is 689 g/mol. The summed E-state index contributed by atoms with van der Waals surface area (Å²) in [6, 6.07) is 7.58. The van der Waals surface area contributed by atoms with Crippen molar-refractivity contribution in [2.75, 3.05) is 51.8 Å². The van der Waals surface area contributed by atoms with Crippen LogP contribution in [0.5, 0.6) is 0 Å². The van der Waals surface area contributed by atoms with Crippen molar-refractivity contribution in [1.29, 1.82) is 0 Å². The standard InChI is InChI=1S/C40H52N8O4S/c1-7-47-33-9-8-24-16-28(33)30(37(47)29-17-27(20-42-35(29)23(2)51-6)46-12-10-45(5)11-13-46)19-40(3,4)22-52-39(50)36-25-14-26(15-25)48(44-36)38(49)31(41)18-34-43-32(24)21-53-34/h8-9,16-17,20-21,23,25-26,31,36,44H,7,10-15,18-19,22,41H2,1-6H3/t23-,25?,26?,31-,36?/m0/s1. The molecule has 4 aliphatic heterocycles. The molecule has 8 bridgehead atoms. The number of esters is 1. The molecule has 4 aromatic rings. The Balaban J connectivity index is 1.29. The summed E-state index contributed by atoms with van der Waals surface area (Å²) in [5.41, 5.74) is 17.6. The van der Waals surface area contributed by atoms with Crippen molar-refractivity contribution < 1.29 is 19.1 Å². The zero-order valence-corrected chi connectivity index (χ0v) is 32.5. The zero-order valence-electron chi connectivity index (χ0n) is 31.7. The lowest BCUT2D eigenvalue weighted by atomic mass is 9.73. The predicted molar refractivity (Wildman–Crippen MR) is 207 cm³/mol. The van der Waals surface area contributed by atoms with Gasteiger partial charge in [-0.25, -0.2) is 10.4 Å². The van der Waals surface area contributed by atoms with Gasteiger partial charge in [-0.15, -0.1) is 11.3 Å². The van der Waals surface area contributed by atoms with Crippen LogP contribution in [-0.4, -0.2) is 101 Å². The van der Waals surface area contributed by atoms with E-state index in [0.29, 0.717) is 12.8 Å². The zero-order chi connectivity index (χ0) is 37.2. The lowest BCUT2D eigenvalue weighted by Crippen LogP contribution is -2.71. The Morgan fingerprint density at radius 1 is 1.15 bits per heavy atom. The van der Waals surface area contributed by atoms with Gasteiger partial charge in [-0.1, -0.05) is 19.9 Å². The highest BCUT2D eigenvalue weighted by atomic mass is 32.1. The fourth-order valence-corrected chi connectivity index (χ4v) is 9.43. The maximum atomic E-state index is 13.7. The van der Waals surface area contributed by atoms with Crippen LogP contribution in [0.15, 0.2) is 35.8 Å². The minimum absolute atomic E-state index is 0.0395. The van der Waals surface area contributed by atoms with E-state index in [2.05, 4.69) is 84.2 Å². The van der Waals surface area contributed by atoms with Gasteiger partial charge in [0.05, 0.1) is 52.7 Å². The van der Waals surface area contributed by atoms with E-state index < -0.39 is 17.5 Å². The number of hydrogen-bond donors (Lipinski definition) is 2. The van der Waals surface area contributed by atoms with Crippen molar-refractivity contribution in [1.82, 2.24) is 29.9 Å². The molecule has 9 rings (SSSR count). The Morgan fingerprint density at radius 3 is 2.66 bits per heavy atom. The van der Waals surface area contributed by atoms with Crippen LogP contribution in [0.25, 0.3) is 33.4 Å².